The third-order valence-corrected chi connectivity index (χ3v) is 3.01. The highest BCUT2D eigenvalue weighted by Crippen LogP contribution is 2.16. The van der Waals surface area contributed by atoms with Crippen LogP contribution >= 0.6 is 0 Å². The highest BCUT2D eigenvalue weighted by molar-refractivity contribution is 5.48. The molecule has 4 nitrogen and oxygen atoms in total. The van der Waals surface area contributed by atoms with E-state index in [2.05, 4.69) is 47.7 Å². The van der Waals surface area contributed by atoms with Crippen LogP contribution in [0.2, 0.25) is 0 Å². The summed E-state index contributed by atoms with van der Waals surface area (Å²) < 4.78 is 1.78. The van der Waals surface area contributed by atoms with Crippen molar-refractivity contribution >= 4 is 5.69 Å². The molecule has 0 bridgehead atoms. The van der Waals surface area contributed by atoms with Crippen LogP contribution < -0.4 is 5.32 Å². The summed E-state index contributed by atoms with van der Waals surface area (Å²) in [6.45, 7) is 5.07. The van der Waals surface area contributed by atoms with Crippen LogP contribution in [0.5, 0.6) is 0 Å². The molecule has 0 aliphatic carbocycles. The van der Waals surface area contributed by atoms with Gasteiger partial charge in [-0.05, 0) is 36.6 Å². The monoisotopic (exact) mass is 230 g/mol. The molecule has 0 fully saturated rings. The molecule has 1 aromatic carbocycles. The summed E-state index contributed by atoms with van der Waals surface area (Å²) in [4.78, 5) is 0. The van der Waals surface area contributed by atoms with Crippen LogP contribution in [0.3, 0.4) is 0 Å². The van der Waals surface area contributed by atoms with Crippen molar-refractivity contribution in [3.05, 3.63) is 41.2 Å². The third-order valence-electron chi connectivity index (χ3n) is 3.01. The number of nitrogens with one attached hydrogen (secondary N) is 1. The van der Waals surface area contributed by atoms with Gasteiger partial charge < -0.3 is 5.32 Å². The largest absolute Gasteiger partial charge is 0.379 e. The summed E-state index contributed by atoms with van der Waals surface area (Å²) in [5, 5.41) is 11.1. The second-order valence-corrected chi connectivity index (χ2v) is 4.20. The highest BCUT2D eigenvalue weighted by Gasteiger charge is 2.01. The first kappa shape index (κ1) is 11.6. The van der Waals surface area contributed by atoms with Crippen molar-refractivity contribution in [2.45, 2.75) is 26.8 Å². The van der Waals surface area contributed by atoms with Gasteiger partial charge in [0.05, 0.1) is 18.4 Å². The summed E-state index contributed by atoms with van der Waals surface area (Å²) in [6, 6.07) is 6.47. The number of rotatable bonds is 4. The zero-order chi connectivity index (χ0) is 12.3. The molecule has 2 rings (SSSR count). The number of benzene rings is 1. The number of hydrogen-bond donors (Lipinski definition) is 1. The fraction of sp³-hybridized carbons (Fsp3) is 0.385. The van der Waals surface area contributed by atoms with E-state index in [0.29, 0.717) is 0 Å². The van der Waals surface area contributed by atoms with Gasteiger partial charge in [0.1, 0.15) is 0 Å². The molecule has 17 heavy (non-hydrogen) atoms. The Morgan fingerprint density at radius 2 is 2.18 bits per heavy atom. The van der Waals surface area contributed by atoms with Crippen LogP contribution in [0.1, 0.15) is 23.7 Å². The zero-order valence-electron chi connectivity index (χ0n) is 10.6. The Labute approximate surface area is 102 Å². The normalized spacial score (nSPS) is 10.5. The number of anilines is 1. The molecule has 1 N–H and O–H groups in total. The maximum atomic E-state index is 3.90. The standard InChI is InChI=1S/C13H18N4/c1-4-11-7-12(6-5-10(11)2)14-8-13-9-15-16-17(13)3/h5-7,9,14H,4,8H2,1-3H3. The van der Waals surface area contributed by atoms with Crippen molar-refractivity contribution in [2.24, 2.45) is 7.05 Å². The molecule has 4 heteroatoms. The maximum Gasteiger partial charge on any atom is 0.0774 e. The molecule has 0 saturated carbocycles. The van der Waals surface area contributed by atoms with Gasteiger partial charge in [-0.25, -0.2) is 0 Å². The first-order valence-corrected chi connectivity index (χ1v) is 5.87. The lowest BCUT2D eigenvalue weighted by Crippen LogP contribution is -2.05. The van der Waals surface area contributed by atoms with Crippen molar-refractivity contribution in [3.8, 4) is 0 Å². The molecule has 0 radical (unpaired) electrons. The van der Waals surface area contributed by atoms with Crippen LogP contribution in [-0.4, -0.2) is 15.0 Å². The molecule has 90 valence electrons. The van der Waals surface area contributed by atoms with Gasteiger partial charge in [-0.3, -0.25) is 4.68 Å². The van der Waals surface area contributed by atoms with Crippen LogP contribution in [0.15, 0.2) is 24.4 Å². The Hall–Kier alpha value is -1.84. The van der Waals surface area contributed by atoms with Gasteiger partial charge in [-0.2, -0.15) is 0 Å². The van der Waals surface area contributed by atoms with E-state index in [1.54, 1.807) is 10.9 Å². The van der Waals surface area contributed by atoms with Gasteiger partial charge in [0.2, 0.25) is 0 Å². The lowest BCUT2D eigenvalue weighted by atomic mass is 10.1. The molecule has 0 spiro atoms. The lowest BCUT2D eigenvalue weighted by molar-refractivity contribution is 0.683. The Balaban J connectivity index is 2.07. The Bertz CT molecular complexity index is 502. The predicted molar refractivity (Wildman–Crippen MR) is 68.9 cm³/mol. The summed E-state index contributed by atoms with van der Waals surface area (Å²) in [5.41, 5.74) is 4.95. The van der Waals surface area contributed by atoms with E-state index in [0.717, 1.165) is 24.3 Å². The lowest BCUT2D eigenvalue weighted by Gasteiger charge is -2.09. The van der Waals surface area contributed by atoms with Crippen LogP contribution in [0, 0.1) is 6.92 Å². The van der Waals surface area contributed by atoms with Gasteiger partial charge in [0.15, 0.2) is 0 Å². The summed E-state index contributed by atoms with van der Waals surface area (Å²) in [5.74, 6) is 0. The Morgan fingerprint density at radius 1 is 1.35 bits per heavy atom. The van der Waals surface area contributed by atoms with Crippen LogP contribution in [0.4, 0.5) is 5.69 Å². The number of hydrogen-bond acceptors (Lipinski definition) is 3. The van der Waals surface area contributed by atoms with E-state index in [1.807, 2.05) is 7.05 Å². The average Bonchev–Trinajstić information content (AvgIpc) is 2.74. The third kappa shape index (κ3) is 2.64. The fourth-order valence-electron chi connectivity index (χ4n) is 1.83. The van der Waals surface area contributed by atoms with Gasteiger partial charge in [-0.15, -0.1) is 5.10 Å². The molecular formula is C13H18N4. The molecule has 0 atom stereocenters. The Kier molecular flexibility index (Phi) is 3.42. The van der Waals surface area contributed by atoms with Crippen LogP contribution in [0.25, 0.3) is 0 Å². The number of aryl methyl sites for hydroxylation is 3. The van der Waals surface area contributed by atoms with Crippen LogP contribution in [-0.2, 0) is 20.0 Å². The molecule has 0 saturated heterocycles. The predicted octanol–water partition coefficient (Wildman–Crippen LogP) is 2.30. The van der Waals surface area contributed by atoms with Crippen molar-refractivity contribution < 1.29 is 0 Å². The molecule has 1 aromatic heterocycles. The minimum Gasteiger partial charge on any atom is -0.379 e. The zero-order valence-corrected chi connectivity index (χ0v) is 10.6. The molecular weight excluding hydrogens is 212 g/mol. The number of nitrogens with zero attached hydrogens (tertiary/aromatic N) is 3. The van der Waals surface area contributed by atoms with Gasteiger partial charge in [0, 0.05) is 12.7 Å². The van der Waals surface area contributed by atoms with E-state index >= 15 is 0 Å². The van der Waals surface area contributed by atoms with Gasteiger partial charge in [-0.1, -0.05) is 18.2 Å². The smallest absolute Gasteiger partial charge is 0.0774 e. The summed E-state index contributed by atoms with van der Waals surface area (Å²) in [7, 11) is 1.90. The van der Waals surface area contributed by atoms with Crippen molar-refractivity contribution in [2.75, 3.05) is 5.32 Å². The minimum atomic E-state index is 0.746. The SMILES string of the molecule is CCc1cc(NCc2cnnn2C)ccc1C. The summed E-state index contributed by atoms with van der Waals surface area (Å²) in [6.07, 6.45) is 2.84. The molecule has 0 aliphatic rings. The van der Waals surface area contributed by atoms with E-state index in [1.165, 1.54) is 11.1 Å². The second-order valence-electron chi connectivity index (χ2n) is 4.20. The molecule has 2 aromatic rings. The maximum absolute atomic E-state index is 3.90. The second kappa shape index (κ2) is 4.99. The first-order chi connectivity index (χ1) is 8.20. The minimum absolute atomic E-state index is 0.746. The van der Waals surface area contributed by atoms with Crippen molar-refractivity contribution in [1.82, 2.24) is 15.0 Å². The highest BCUT2D eigenvalue weighted by atomic mass is 15.4. The van der Waals surface area contributed by atoms with E-state index in [-0.39, 0.29) is 0 Å². The number of aromatic nitrogens is 3. The molecule has 0 unspecified atom stereocenters. The molecule has 0 aliphatic heterocycles. The van der Waals surface area contributed by atoms with Crippen molar-refractivity contribution in [3.63, 3.8) is 0 Å². The van der Waals surface area contributed by atoms with Gasteiger partial charge >= 0.3 is 0 Å². The molecule has 1 heterocycles. The average molecular weight is 230 g/mol. The van der Waals surface area contributed by atoms with E-state index in [4.69, 9.17) is 0 Å². The summed E-state index contributed by atoms with van der Waals surface area (Å²) >= 11 is 0. The topological polar surface area (TPSA) is 42.7 Å². The first-order valence-electron chi connectivity index (χ1n) is 5.87. The Morgan fingerprint density at radius 3 is 2.82 bits per heavy atom. The van der Waals surface area contributed by atoms with Crippen molar-refractivity contribution in [1.29, 1.82) is 0 Å². The fourth-order valence-corrected chi connectivity index (χ4v) is 1.83. The quantitative estimate of drug-likeness (QED) is 0.876. The molecule has 0 amide bonds. The van der Waals surface area contributed by atoms with E-state index < -0.39 is 0 Å². The van der Waals surface area contributed by atoms with Gasteiger partial charge in [0.25, 0.3) is 0 Å². The van der Waals surface area contributed by atoms with E-state index in [9.17, 15) is 0 Å².